The molecule has 4 nitrogen and oxygen atoms in total. The number of ketones is 1. The van der Waals surface area contributed by atoms with Gasteiger partial charge < -0.3 is 0 Å². The topological polar surface area (TPSA) is 47.3 Å². The second-order valence-corrected chi connectivity index (χ2v) is 3.00. The van der Waals surface area contributed by atoms with Crippen LogP contribution in [0.3, 0.4) is 0 Å². The molecule has 0 aromatic carbocycles. The van der Waals surface area contributed by atoms with Gasteiger partial charge in [0.05, 0.1) is 0 Å². The van der Waals surface area contributed by atoms with E-state index in [0.717, 1.165) is 0 Å². The van der Waals surface area contributed by atoms with Gasteiger partial charge in [-0.25, -0.2) is 9.50 Å². The zero-order valence-corrected chi connectivity index (χ0v) is 7.62. The van der Waals surface area contributed by atoms with Gasteiger partial charge >= 0.3 is 0 Å². The van der Waals surface area contributed by atoms with E-state index in [0.29, 0.717) is 10.8 Å². The van der Waals surface area contributed by atoms with Crippen molar-refractivity contribution in [2.75, 3.05) is 0 Å². The highest BCUT2D eigenvalue weighted by Gasteiger charge is 2.08. The highest BCUT2D eigenvalue weighted by molar-refractivity contribution is 6.29. The van der Waals surface area contributed by atoms with Crippen molar-refractivity contribution < 1.29 is 4.79 Å². The first-order valence-corrected chi connectivity index (χ1v) is 4.08. The molecule has 0 saturated heterocycles. The third-order valence-electron chi connectivity index (χ3n) is 1.63. The average Bonchev–Trinajstić information content (AvgIpc) is 2.49. The Morgan fingerprint density at radius 3 is 2.92 bits per heavy atom. The number of hydrogen-bond donors (Lipinski definition) is 0. The van der Waals surface area contributed by atoms with Crippen LogP contribution in [0, 0.1) is 0 Å². The molecule has 0 aliphatic heterocycles. The van der Waals surface area contributed by atoms with Crippen LogP contribution in [-0.2, 0) is 0 Å². The number of carbonyl (C=O) groups excluding carboxylic acids is 1. The molecule has 2 aromatic rings. The van der Waals surface area contributed by atoms with Gasteiger partial charge in [0.1, 0.15) is 5.15 Å². The Morgan fingerprint density at radius 1 is 1.54 bits per heavy atom. The van der Waals surface area contributed by atoms with Gasteiger partial charge in [-0.3, -0.25) is 4.79 Å². The largest absolute Gasteiger partial charge is 0.291 e. The van der Waals surface area contributed by atoms with Crippen molar-refractivity contribution in [1.29, 1.82) is 0 Å². The number of pyridine rings is 1. The minimum Gasteiger partial charge on any atom is -0.291 e. The Kier molecular flexibility index (Phi) is 1.77. The third-order valence-corrected chi connectivity index (χ3v) is 1.91. The SMILES string of the molecule is CC(=O)c1nc2cccc(Cl)n2n1. The molecule has 0 atom stereocenters. The Labute approximate surface area is 79.2 Å². The Morgan fingerprint density at radius 2 is 2.31 bits per heavy atom. The zero-order chi connectivity index (χ0) is 9.42. The van der Waals surface area contributed by atoms with E-state index in [4.69, 9.17) is 11.6 Å². The summed E-state index contributed by atoms with van der Waals surface area (Å²) in [6.07, 6.45) is 0. The maximum atomic E-state index is 10.9. The van der Waals surface area contributed by atoms with Crippen LogP contribution in [0.5, 0.6) is 0 Å². The molecule has 0 saturated carbocycles. The summed E-state index contributed by atoms with van der Waals surface area (Å²) in [6.45, 7) is 1.42. The van der Waals surface area contributed by atoms with E-state index in [1.165, 1.54) is 11.4 Å². The lowest BCUT2D eigenvalue weighted by atomic mass is 10.4. The van der Waals surface area contributed by atoms with Crippen LogP contribution in [0.2, 0.25) is 5.15 Å². The molecule has 13 heavy (non-hydrogen) atoms. The first-order chi connectivity index (χ1) is 6.18. The number of fused-ring (bicyclic) bond motifs is 1. The van der Waals surface area contributed by atoms with E-state index in [-0.39, 0.29) is 11.6 Å². The van der Waals surface area contributed by atoms with Crippen LogP contribution >= 0.6 is 11.6 Å². The number of halogens is 1. The second kappa shape index (κ2) is 2.81. The summed E-state index contributed by atoms with van der Waals surface area (Å²) in [5, 5.41) is 4.38. The summed E-state index contributed by atoms with van der Waals surface area (Å²) >= 11 is 5.82. The molecule has 2 heterocycles. The molecule has 0 spiro atoms. The van der Waals surface area contributed by atoms with Crippen molar-refractivity contribution >= 4 is 23.0 Å². The average molecular weight is 196 g/mol. The predicted molar refractivity (Wildman–Crippen MR) is 48.0 cm³/mol. The van der Waals surface area contributed by atoms with Crippen molar-refractivity contribution in [2.45, 2.75) is 6.92 Å². The number of hydrogen-bond acceptors (Lipinski definition) is 3. The molecule has 0 amide bonds. The van der Waals surface area contributed by atoms with Crippen LogP contribution in [0.15, 0.2) is 18.2 Å². The molecule has 2 rings (SSSR count). The van der Waals surface area contributed by atoms with Crippen molar-refractivity contribution in [1.82, 2.24) is 14.6 Å². The molecule has 0 unspecified atom stereocenters. The summed E-state index contributed by atoms with van der Waals surface area (Å²) in [6, 6.07) is 5.19. The quantitative estimate of drug-likeness (QED) is 0.513. The Hall–Kier alpha value is -1.42. The Bertz CT molecular complexity index is 477. The van der Waals surface area contributed by atoms with E-state index in [1.807, 2.05) is 0 Å². The van der Waals surface area contributed by atoms with Gasteiger partial charge in [0, 0.05) is 6.92 Å². The molecule has 5 heteroatoms. The van der Waals surface area contributed by atoms with Crippen molar-refractivity contribution in [3.8, 4) is 0 Å². The van der Waals surface area contributed by atoms with Crippen LogP contribution in [0.1, 0.15) is 17.5 Å². The van der Waals surface area contributed by atoms with Crippen LogP contribution in [-0.4, -0.2) is 20.4 Å². The number of nitrogens with zero attached hydrogens (tertiary/aromatic N) is 3. The van der Waals surface area contributed by atoms with E-state index in [2.05, 4.69) is 10.1 Å². The minimum atomic E-state index is -0.167. The molecule has 0 aliphatic carbocycles. The van der Waals surface area contributed by atoms with Crippen molar-refractivity contribution in [3.63, 3.8) is 0 Å². The predicted octanol–water partition coefficient (Wildman–Crippen LogP) is 1.59. The first-order valence-electron chi connectivity index (χ1n) is 3.71. The summed E-state index contributed by atoms with van der Waals surface area (Å²) in [4.78, 5) is 14.9. The standard InChI is InChI=1S/C8H6ClN3O/c1-5(13)8-10-7-4-2-3-6(9)12(7)11-8/h2-4H,1H3. The number of rotatable bonds is 1. The molecule has 0 fully saturated rings. The summed E-state index contributed by atoms with van der Waals surface area (Å²) in [5.74, 6) is 0.0212. The maximum Gasteiger partial charge on any atom is 0.218 e. The van der Waals surface area contributed by atoms with Crippen LogP contribution in [0.4, 0.5) is 0 Å². The molecule has 0 bridgehead atoms. The monoisotopic (exact) mass is 195 g/mol. The summed E-state index contributed by atoms with van der Waals surface area (Å²) in [7, 11) is 0. The molecule has 0 N–H and O–H groups in total. The molecular weight excluding hydrogens is 190 g/mol. The maximum absolute atomic E-state index is 10.9. The lowest BCUT2D eigenvalue weighted by molar-refractivity contribution is 0.100. The fraction of sp³-hybridized carbons (Fsp3) is 0.125. The van der Waals surface area contributed by atoms with E-state index < -0.39 is 0 Å². The number of carbonyl (C=O) groups is 1. The van der Waals surface area contributed by atoms with E-state index in [1.54, 1.807) is 18.2 Å². The third kappa shape index (κ3) is 1.29. The van der Waals surface area contributed by atoms with Gasteiger partial charge in [-0.1, -0.05) is 17.7 Å². The fourth-order valence-electron chi connectivity index (χ4n) is 1.02. The van der Waals surface area contributed by atoms with E-state index >= 15 is 0 Å². The van der Waals surface area contributed by atoms with Gasteiger partial charge in [-0.2, -0.15) is 0 Å². The van der Waals surface area contributed by atoms with Crippen molar-refractivity contribution in [2.24, 2.45) is 0 Å². The highest BCUT2D eigenvalue weighted by atomic mass is 35.5. The lowest BCUT2D eigenvalue weighted by Crippen LogP contribution is -1.95. The van der Waals surface area contributed by atoms with Gasteiger partial charge in [0.15, 0.2) is 11.4 Å². The molecular formula is C8H6ClN3O. The molecule has 2 aromatic heterocycles. The normalized spacial score (nSPS) is 10.6. The van der Waals surface area contributed by atoms with Gasteiger partial charge in [0.2, 0.25) is 5.82 Å². The second-order valence-electron chi connectivity index (χ2n) is 2.61. The lowest BCUT2D eigenvalue weighted by Gasteiger charge is -1.91. The number of Topliss-reactive ketones (excluding diaryl/α,β-unsaturated/α-hetero) is 1. The number of aromatic nitrogens is 3. The zero-order valence-electron chi connectivity index (χ0n) is 6.86. The molecule has 66 valence electrons. The van der Waals surface area contributed by atoms with Gasteiger partial charge in [0.25, 0.3) is 0 Å². The van der Waals surface area contributed by atoms with Gasteiger partial charge in [-0.15, -0.1) is 5.10 Å². The highest BCUT2D eigenvalue weighted by Crippen LogP contribution is 2.10. The van der Waals surface area contributed by atoms with E-state index in [9.17, 15) is 4.79 Å². The van der Waals surface area contributed by atoms with Crippen LogP contribution < -0.4 is 0 Å². The summed E-state index contributed by atoms with van der Waals surface area (Å²) < 4.78 is 1.43. The minimum absolute atomic E-state index is 0.167. The molecule has 0 radical (unpaired) electrons. The first kappa shape index (κ1) is 8.19. The smallest absolute Gasteiger partial charge is 0.218 e. The summed E-state index contributed by atoms with van der Waals surface area (Å²) in [5.41, 5.74) is 0.581. The van der Waals surface area contributed by atoms with Crippen molar-refractivity contribution in [3.05, 3.63) is 29.2 Å². The van der Waals surface area contributed by atoms with Gasteiger partial charge in [-0.05, 0) is 12.1 Å². The van der Waals surface area contributed by atoms with Crippen LogP contribution in [0.25, 0.3) is 5.65 Å². The molecule has 0 aliphatic rings. The Balaban J connectivity index is 2.75. The fourth-order valence-corrected chi connectivity index (χ4v) is 1.22.